The van der Waals surface area contributed by atoms with Gasteiger partial charge in [0.25, 0.3) is 0 Å². The van der Waals surface area contributed by atoms with E-state index in [-0.39, 0.29) is 6.10 Å². The summed E-state index contributed by atoms with van der Waals surface area (Å²) in [6, 6.07) is 0. The number of unbranched alkanes of at least 4 members (excludes halogenated alkanes) is 2. The lowest BCUT2D eigenvalue weighted by molar-refractivity contribution is -0.179. The third-order valence-corrected chi connectivity index (χ3v) is 8.57. The van der Waals surface area contributed by atoms with E-state index in [9.17, 15) is 0 Å². The minimum absolute atomic E-state index is 0.197. The van der Waals surface area contributed by atoms with Crippen LogP contribution in [0.4, 0.5) is 0 Å². The number of hydrogen-bond donors (Lipinski definition) is 0. The zero-order chi connectivity index (χ0) is 36.9. The number of hydrogen-bond acceptors (Lipinski definition) is 3. The lowest BCUT2D eigenvalue weighted by Gasteiger charge is -2.28. The van der Waals surface area contributed by atoms with Crippen LogP contribution >= 0.6 is 0 Å². The van der Waals surface area contributed by atoms with Gasteiger partial charge in [0.2, 0.25) is 0 Å². The van der Waals surface area contributed by atoms with Crippen molar-refractivity contribution in [2.45, 2.75) is 135 Å². The van der Waals surface area contributed by atoms with E-state index in [1.165, 1.54) is 0 Å². The first kappa shape index (κ1) is 46.0. The van der Waals surface area contributed by atoms with E-state index in [1.54, 1.807) is 0 Å². The van der Waals surface area contributed by atoms with Gasteiger partial charge < -0.3 is 14.4 Å². The zero-order valence-corrected chi connectivity index (χ0v) is 33.3. The molecule has 0 saturated carbocycles. The maximum Gasteiger partial charge on any atom is 0.168 e. The molecule has 3 heteroatoms. The van der Waals surface area contributed by atoms with Crippen LogP contribution in [0.25, 0.3) is 0 Å². The van der Waals surface area contributed by atoms with Gasteiger partial charge in [0, 0.05) is 19.4 Å². The number of ether oxygens (including phenoxy) is 2. The lowest BCUT2D eigenvalue weighted by atomic mass is 10.0. The van der Waals surface area contributed by atoms with Crippen LogP contribution < -0.4 is 0 Å². The summed E-state index contributed by atoms with van der Waals surface area (Å²) in [6.45, 7) is 8.39. The molecule has 0 aliphatic carbocycles. The molecule has 0 aromatic rings. The Kier molecular flexibility index (Phi) is 30.8. The van der Waals surface area contributed by atoms with Crippen molar-refractivity contribution in [1.82, 2.24) is 4.90 Å². The molecule has 3 atom stereocenters. The summed E-state index contributed by atoms with van der Waals surface area (Å²) in [5.41, 5.74) is 0. The summed E-state index contributed by atoms with van der Waals surface area (Å²) >= 11 is 0. The van der Waals surface area contributed by atoms with Crippen LogP contribution in [0.2, 0.25) is 0 Å². The molecule has 0 N–H and O–H groups in total. The maximum atomic E-state index is 6.62. The highest BCUT2D eigenvalue weighted by Gasteiger charge is 2.40. The Morgan fingerprint density at radius 1 is 0.569 bits per heavy atom. The van der Waals surface area contributed by atoms with E-state index >= 15 is 0 Å². The Labute approximate surface area is 315 Å². The van der Waals surface area contributed by atoms with Crippen molar-refractivity contribution in [3.05, 3.63) is 134 Å². The molecule has 0 aromatic carbocycles. The summed E-state index contributed by atoms with van der Waals surface area (Å²) in [5.74, 6) is 0.276. The molecule has 1 saturated heterocycles. The normalized spacial score (nSPS) is 20.1. The number of allylic oxidation sites excluding steroid dienone is 22. The summed E-state index contributed by atoms with van der Waals surface area (Å²) in [6.07, 6.45) is 65.7. The molecule has 1 fully saturated rings. The zero-order valence-electron chi connectivity index (χ0n) is 33.3. The van der Waals surface area contributed by atoms with E-state index in [0.29, 0.717) is 12.5 Å². The smallest absolute Gasteiger partial charge is 0.168 e. The summed E-state index contributed by atoms with van der Waals surface area (Å²) in [7, 11) is 4.25. The van der Waals surface area contributed by atoms with Gasteiger partial charge in [0.1, 0.15) is 0 Å². The van der Waals surface area contributed by atoms with Gasteiger partial charge in [-0.2, -0.15) is 0 Å². The Morgan fingerprint density at radius 2 is 1.04 bits per heavy atom. The quantitative estimate of drug-likeness (QED) is 0.0424. The van der Waals surface area contributed by atoms with Gasteiger partial charge in [0.05, 0.1) is 12.7 Å². The van der Waals surface area contributed by atoms with Crippen LogP contribution in [0, 0.1) is 5.92 Å². The summed E-state index contributed by atoms with van der Waals surface area (Å²) in [5, 5.41) is 0. The van der Waals surface area contributed by atoms with Gasteiger partial charge in [-0.25, -0.2) is 0 Å². The molecule has 284 valence electrons. The molecule has 3 nitrogen and oxygen atoms in total. The van der Waals surface area contributed by atoms with Crippen molar-refractivity contribution in [2.24, 2.45) is 5.92 Å². The fourth-order valence-corrected chi connectivity index (χ4v) is 5.56. The highest BCUT2D eigenvalue weighted by atomic mass is 16.7. The van der Waals surface area contributed by atoms with Gasteiger partial charge in [-0.05, 0) is 110 Å². The predicted molar refractivity (Wildman–Crippen MR) is 227 cm³/mol. The van der Waals surface area contributed by atoms with Crippen molar-refractivity contribution < 1.29 is 9.47 Å². The van der Waals surface area contributed by atoms with E-state index in [0.717, 1.165) is 109 Å². The van der Waals surface area contributed by atoms with Crippen molar-refractivity contribution in [3.8, 4) is 0 Å². The second-order valence-electron chi connectivity index (χ2n) is 13.8. The van der Waals surface area contributed by atoms with E-state index in [1.807, 2.05) is 0 Å². The van der Waals surface area contributed by atoms with Gasteiger partial charge >= 0.3 is 0 Å². The number of nitrogens with zero attached hydrogens (tertiary/aromatic N) is 1. The van der Waals surface area contributed by atoms with Crippen molar-refractivity contribution >= 4 is 0 Å². The minimum Gasteiger partial charge on any atom is -0.347 e. The van der Waals surface area contributed by atoms with Crippen molar-refractivity contribution in [1.29, 1.82) is 0 Å². The lowest BCUT2D eigenvalue weighted by Crippen LogP contribution is -2.31. The highest BCUT2D eigenvalue weighted by Crippen LogP contribution is 2.35. The third kappa shape index (κ3) is 29.3. The molecule has 3 unspecified atom stereocenters. The Morgan fingerprint density at radius 3 is 1.59 bits per heavy atom. The SMILES string of the molecule is CC/C=C\CC(C)C/C=C/C=C/C=C\C/C=C\CCCC1(CCC/C=C\C/C=C\C/C=C\C/C=C\C/C=C\C=C\CC)OCC(CCN(C)C)O1. The van der Waals surface area contributed by atoms with Gasteiger partial charge in [-0.15, -0.1) is 0 Å². The van der Waals surface area contributed by atoms with E-state index in [2.05, 4.69) is 173 Å². The fourth-order valence-electron chi connectivity index (χ4n) is 5.56. The Balaban J connectivity index is 2.33. The maximum absolute atomic E-state index is 6.62. The topological polar surface area (TPSA) is 21.7 Å². The largest absolute Gasteiger partial charge is 0.347 e. The molecular formula is C48H75NO2. The molecule has 0 aromatic heterocycles. The first-order chi connectivity index (χ1) is 25.0. The molecule has 1 rings (SSSR count). The molecule has 51 heavy (non-hydrogen) atoms. The molecular weight excluding hydrogens is 623 g/mol. The van der Waals surface area contributed by atoms with Gasteiger partial charge in [-0.3, -0.25) is 0 Å². The van der Waals surface area contributed by atoms with Crippen molar-refractivity contribution in [3.63, 3.8) is 0 Å². The molecule has 1 aliphatic heterocycles. The van der Waals surface area contributed by atoms with Crippen molar-refractivity contribution in [2.75, 3.05) is 27.2 Å². The standard InChI is InChI=1S/C48H75NO2/c1-6-8-10-11-12-13-14-15-16-17-18-19-20-21-24-27-30-33-37-42-48(50-45-47(51-48)41-44-49(4)5)43-38-34-31-28-25-22-23-26-29-32-36-40-46(3)39-35-9-7-2/h8-12,14-15,17-18,20-23,26-32,35-36,46-47H,6-7,13,16,19,24-25,33-34,37-45H2,1-5H3/b10-8+,12-11-,15-14-,18-17-,21-20-,23-22-,29-26+,30-27-,31-28-,35-9-,36-32+. The second kappa shape index (κ2) is 34.1. The fraction of sp³-hybridized carbons (Fsp3) is 0.542. The third-order valence-electron chi connectivity index (χ3n) is 8.57. The molecule has 0 spiro atoms. The van der Waals surface area contributed by atoms with Gasteiger partial charge in [-0.1, -0.05) is 154 Å². The van der Waals surface area contributed by atoms with Crippen LogP contribution in [0.1, 0.15) is 124 Å². The summed E-state index contributed by atoms with van der Waals surface area (Å²) in [4.78, 5) is 2.23. The first-order valence-corrected chi connectivity index (χ1v) is 20.2. The predicted octanol–water partition coefficient (Wildman–Crippen LogP) is 13.7. The molecule has 1 aliphatic rings. The average Bonchev–Trinajstić information content (AvgIpc) is 3.53. The Bertz CT molecular complexity index is 1140. The summed E-state index contributed by atoms with van der Waals surface area (Å²) < 4.78 is 13.0. The highest BCUT2D eigenvalue weighted by molar-refractivity contribution is 5.12. The Hall–Kier alpha value is -2.98. The molecule has 0 amide bonds. The van der Waals surface area contributed by atoms with Crippen LogP contribution in [0.5, 0.6) is 0 Å². The van der Waals surface area contributed by atoms with Crippen LogP contribution in [-0.2, 0) is 9.47 Å². The monoisotopic (exact) mass is 698 g/mol. The van der Waals surface area contributed by atoms with E-state index < -0.39 is 5.79 Å². The average molecular weight is 698 g/mol. The van der Waals surface area contributed by atoms with Crippen LogP contribution in [-0.4, -0.2) is 44.0 Å². The molecule has 1 heterocycles. The second-order valence-corrected chi connectivity index (χ2v) is 13.8. The van der Waals surface area contributed by atoms with Crippen LogP contribution in [0.3, 0.4) is 0 Å². The first-order valence-electron chi connectivity index (χ1n) is 20.2. The minimum atomic E-state index is -0.426. The van der Waals surface area contributed by atoms with E-state index in [4.69, 9.17) is 9.47 Å². The van der Waals surface area contributed by atoms with Gasteiger partial charge in [0.15, 0.2) is 5.79 Å². The molecule has 0 bridgehead atoms. The molecule has 0 radical (unpaired) electrons. The number of rotatable bonds is 30. The van der Waals surface area contributed by atoms with Crippen LogP contribution in [0.15, 0.2) is 134 Å².